The fourth-order valence-electron chi connectivity index (χ4n) is 2.44. The molecule has 1 aliphatic rings. The van der Waals surface area contributed by atoms with Crippen LogP contribution >= 0.6 is 0 Å². The number of aromatic amines is 1. The quantitative estimate of drug-likeness (QED) is 0.517. The number of carbonyl (C=O) groups excluding carboxylic acids is 1. The van der Waals surface area contributed by atoms with E-state index in [1.165, 1.54) is 12.1 Å². The summed E-state index contributed by atoms with van der Waals surface area (Å²) in [6.45, 7) is 1.83. The molecule has 8 nitrogen and oxygen atoms in total. The number of nitrogens with zero attached hydrogens (tertiary/aromatic N) is 1. The van der Waals surface area contributed by atoms with Crippen molar-refractivity contribution < 1.29 is 14.5 Å². The SMILES string of the molecule is COCC1(CNC(=O)c2ccc([N+](=O)[O-])[nH]2)CCCN1. The van der Waals surface area contributed by atoms with E-state index in [9.17, 15) is 14.9 Å². The van der Waals surface area contributed by atoms with Crippen LogP contribution in [0.5, 0.6) is 0 Å². The molecule has 110 valence electrons. The summed E-state index contributed by atoms with van der Waals surface area (Å²) in [7, 11) is 1.62. The number of methoxy groups -OCH3 is 1. The molecule has 1 atom stereocenters. The van der Waals surface area contributed by atoms with Crippen molar-refractivity contribution in [3.05, 3.63) is 27.9 Å². The van der Waals surface area contributed by atoms with E-state index in [4.69, 9.17) is 4.74 Å². The number of nitro groups is 1. The Bertz CT molecular complexity index is 493. The molecule has 0 aliphatic carbocycles. The Morgan fingerprint density at radius 2 is 2.40 bits per heavy atom. The van der Waals surface area contributed by atoms with E-state index in [1.54, 1.807) is 7.11 Å². The zero-order valence-corrected chi connectivity index (χ0v) is 11.3. The summed E-state index contributed by atoms with van der Waals surface area (Å²) < 4.78 is 5.19. The summed E-state index contributed by atoms with van der Waals surface area (Å²) in [4.78, 5) is 24.4. The fraction of sp³-hybridized carbons (Fsp3) is 0.583. The Kier molecular flexibility index (Phi) is 4.35. The normalized spacial score (nSPS) is 21.9. The first-order valence-electron chi connectivity index (χ1n) is 6.42. The van der Waals surface area contributed by atoms with Crippen molar-refractivity contribution in [3.8, 4) is 0 Å². The molecule has 0 saturated carbocycles. The highest BCUT2D eigenvalue weighted by atomic mass is 16.6. The molecule has 0 radical (unpaired) electrons. The monoisotopic (exact) mass is 282 g/mol. The lowest BCUT2D eigenvalue weighted by atomic mass is 9.98. The van der Waals surface area contributed by atoms with Crippen molar-refractivity contribution in [2.45, 2.75) is 18.4 Å². The highest BCUT2D eigenvalue weighted by Crippen LogP contribution is 2.19. The maximum absolute atomic E-state index is 12.0. The van der Waals surface area contributed by atoms with E-state index >= 15 is 0 Å². The number of hydrogen-bond acceptors (Lipinski definition) is 5. The van der Waals surface area contributed by atoms with E-state index in [1.807, 2.05) is 0 Å². The van der Waals surface area contributed by atoms with Crippen molar-refractivity contribution >= 4 is 11.7 Å². The van der Waals surface area contributed by atoms with Gasteiger partial charge in [-0.2, -0.15) is 0 Å². The van der Waals surface area contributed by atoms with Gasteiger partial charge in [-0.25, -0.2) is 4.98 Å². The number of H-pyrrole nitrogens is 1. The van der Waals surface area contributed by atoms with Crippen LogP contribution in [0.25, 0.3) is 0 Å². The van der Waals surface area contributed by atoms with Gasteiger partial charge in [0.1, 0.15) is 0 Å². The largest absolute Gasteiger partial charge is 0.383 e. The molecule has 2 heterocycles. The van der Waals surface area contributed by atoms with Gasteiger partial charge in [-0.1, -0.05) is 0 Å². The molecular formula is C12H18N4O4. The number of carbonyl (C=O) groups is 1. The molecule has 1 aromatic heterocycles. The van der Waals surface area contributed by atoms with Crippen LogP contribution < -0.4 is 10.6 Å². The van der Waals surface area contributed by atoms with E-state index in [-0.39, 0.29) is 23.0 Å². The Labute approximate surface area is 116 Å². The van der Waals surface area contributed by atoms with Crippen LogP contribution in [0, 0.1) is 10.1 Å². The summed E-state index contributed by atoms with van der Waals surface area (Å²) >= 11 is 0. The molecule has 1 amide bonds. The number of nitrogens with one attached hydrogen (secondary N) is 3. The first kappa shape index (κ1) is 14.5. The van der Waals surface area contributed by atoms with Gasteiger partial charge < -0.3 is 25.5 Å². The van der Waals surface area contributed by atoms with E-state index in [0.717, 1.165) is 19.4 Å². The summed E-state index contributed by atoms with van der Waals surface area (Å²) in [5.41, 5.74) is -0.0644. The Morgan fingerprint density at radius 1 is 1.60 bits per heavy atom. The fourth-order valence-corrected chi connectivity index (χ4v) is 2.44. The zero-order chi connectivity index (χ0) is 14.6. The molecule has 1 fully saturated rings. The average Bonchev–Trinajstić information content (AvgIpc) is 3.06. The predicted molar refractivity (Wildman–Crippen MR) is 71.6 cm³/mol. The molecule has 1 saturated heterocycles. The summed E-state index contributed by atoms with van der Waals surface area (Å²) in [5.74, 6) is -0.553. The van der Waals surface area contributed by atoms with Gasteiger partial charge >= 0.3 is 5.82 Å². The number of rotatable bonds is 6. The van der Waals surface area contributed by atoms with Gasteiger partial charge in [0.05, 0.1) is 12.1 Å². The standard InChI is InChI=1S/C12H18N4O4/c1-20-8-12(5-2-6-14-12)7-13-11(17)9-3-4-10(15-9)16(18)19/h3-4,14-15H,2,5-8H2,1H3,(H,13,17). The van der Waals surface area contributed by atoms with Crippen LogP contribution in [0.15, 0.2) is 12.1 Å². The molecule has 1 aliphatic heterocycles. The van der Waals surface area contributed by atoms with Gasteiger partial charge in [0.25, 0.3) is 5.91 Å². The second-order valence-corrected chi connectivity index (χ2v) is 4.94. The molecule has 1 aromatic rings. The van der Waals surface area contributed by atoms with Gasteiger partial charge in [0.2, 0.25) is 0 Å². The van der Waals surface area contributed by atoms with Crippen LogP contribution in [0.4, 0.5) is 5.82 Å². The van der Waals surface area contributed by atoms with Crippen LogP contribution in [0.3, 0.4) is 0 Å². The van der Waals surface area contributed by atoms with Crippen LogP contribution in [-0.2, 0) is 4.74 Å². The van der Waals surface area contributed by atoms with Gasteiger partial charge in [-0.15, -0.1) is 0 Å². The van der Waals surface area contributed by atoms with E-state index in [2.05, 4.69) is 15.6 Å². The van der Waals surface area contributed by atoms with Crippen LogP contribution in [-0.4, -0.2) is 48.2 Å². The molecule has 20 heavy (non-hydrogen) atoms. The number of aromatic nitrogens is 1. The summed E-state index contributed by atoms with van der Waals surface area (Å²) in [6, 6.07) is 2.67. The van der Waals surface area contributed by atoms with Crippen molar-refractivity contribution in [1.29, 1.82) is 0 Å². The van der Waals surface area contributed by atoms with Crippen LogP contribution in [0.1, 0.15) is 23.3 Å². The number of hydrogen-bond donors (Lipinski definition) is 3. The zero-order valence-electron chi connectivity index (χ0n) is 11.3. The van der Waals surface area contributed by atoms with Crippen molar-refractivity contribution in [3.63, 3.8) is 0 Å². The lowest BCUT2D eigenvalue weighted by Crippen LogP contribution is -2.53. The van der Waals surface area contributed by atoms with Gasteiger partial charge in [0, 0.05) is 19.7 Å². The molecule has 1 unspecified atom stereocenters. The smallest absolute Gasteiger partial charge is 0.321 e. The Morgan fingerprint density at radius 3 is 2.95 bits per heavy atom. The first-order valence-corrected chi connectivity index (χ1v) is 6.42. The van der Waals surface area contributed by atoms with E-state index < -0.39 is 4.92 Å². The topological polar surface area (TPSA) is 109 Å². The third kappa shape index (κ3) is 3.14. The molecule has 3 N–H and O–H groups in total. The minimum atomic E-state index is -0.568. The molecule has 0 bridgehead atoms. The maximum atomic E-state index is 12.0. The second-order valence-electron chi connectivity index (χ2n) is 4.94. The first-order chi connectivity index (χ1) is 9.56. The molecule has 8 heteroatoms. The third-order valence-corrected chi connectivity index (χ3v) is 3.45. The lowest BCUT2D eigenvalue weighted by Gasteiger charge is -2.28. The second kappa shape index (κ2) is 6.02. The molecule has 0 spiro atoms. The predicted octanol–water partition coefficient (Wildman–Crippen LogP) is 0.421. The molecule has 0 aromatic carbocycles. The average molecular weight is 282 g/mol. The van der Waals surface area contributed by atoms with Crippen molar-refractivity contribution in [2.24, 2.45) is 0 Å². The summed E-state index contributed by atoms with van der Waals surface area (Å²) in [5, 5.41) is 16.7. The van der Waals surface area contributed by atoms with Crippen molar-refractivity contribution in [2.75, 3.05) is 26.8 Å². The maximum Gasteiger partial charge on any atom is 0.321 e. The minimum absolute atomic E-state index is 0.183. The minimum Gasteiger partial charge on any atom is -0.383 e. The number of ether oxygens (including phenoxy) is 1. The van der Waals surface area contributed by atoms with Gasteiger partial charge in [0.15, 0.2) is 5.69 Å². The highest BCUT2D eigenvalue weighted by Gasteiger charge is 2.34. The van der Waals surface area contributed by atoms with Gasteiger partial charge in [-0.3, -0.25) is 4.79 Å². The highest BCUT2D eigenvalue weighted by molar-refractivity contribution is 5.92. The molecule has 2 rings (SSSR count). The Balaban J connectivity index is 1.95. The lowest BCUT2D eigenvalue weighted by molar-refractivity contribution is -0.389. The summed E-state index contributed by atoms with van der Waals surface area (Å²) in [6.07, 6.45) is 1.96. The van der Waals surface area contributed by atoms with E-state index in [0.29, 0.717) is 13.2 Å². The molecular weight excluding hydrogens is 264 g/mol. The number of amides is 1. The van der Waals surface area contributed by atoms with Crippen molar-refractivity contribution in [1.82, 2.24) is 15.6 Å². The van der Waals surface area contributed by atoms with Gasteiger partial charge in [-0.05, 0) is 30.4 Å². The third-order valence-electron chi connectivity index (χ3n) is 3.45. The Hall–Kier alpha value is -1.93. The van der Waals surface area contributed by atoms with Crippen LogP contribution in [0.2, 0.25) is 0 Å².